The van der Waals surface area contributed by atoms with Gasteiger partial charge in [0.05, 0.1) is 12.1 Å². The third-order valence-corrected chi connectivity index (χ3v) is 4.90. The van der Waals surface area contributed by atoms with Crippen LogP contribution in [0.25, 0.3) is 0 Å². The Labute approximate surface area is 163 Å². The fourth-order valence-corrected chi connectivity index (χ4v) is 3.13. The van der Waals surface area contributed by atoms with Gasteiger partial charge in [-0.1, -0.05) is 13.8 Å². The zero-order chi connectivity index (χ0) is 20.6. The third kappa shape index (κ3) is 3.64. The van der Waals surface area contributed by atoms with Crippen molar-refractivity contribution >= 4 is 29.5 Å². The molecule has 3 heterocycles. The Morgan fingerprint density at radius 1 is 1.32 bits per heavy atom. The highest BCUT2D eigenvalue weighted by atomic mass is 16.2. The van der Waals surface area contributed by atoms with E-state index >= 15 is 0 Å². The summed E-state index contributed by atoms with van der Waals surface area (Å²) in [7, 11) is 1.83. The monoisotopic (exact) mass is 385 g/mol. The van der Waals surface area contributed by atoms with Crippen LogP contribution in [-0.4, -0.2) is 52.5 Å². The zero-order valence-corrected chi connectivity index (χ0v) is 16.6. The van der Waals surface area contributed by atoms with Crippen LogP contribution in [0.5, 0.6) is 0 Å². The third-order valence-electron chi connectivity index (χ3n) is 4.90. The predicted molar refractivity (Wildman–Crippen MR) is 102 cm³/mol. The molecule has 9 heteroatoms. The number of aromatic nitrogens is 1. The normalized spacial score (nSPS) is 24.1. The molecule has 28 heavy (non-hydrogen) atoms. The minimum atomic E-state index is -0.941. The highest BCUT2D eigenvalue weighted by molar-refractivity contribution is 6.23. The SMILES string of the molecule is CC(C)C(=O)NC1=NC2=NC(C)C(C)N(C(=O)c3ccc[n+](C)c3)C2C(=O)N1. The molecule has 0 spiro atoms. The number of aliphatic imine (C=N–C) groups is 2. The van der Waals surface area contributed by atoms with Crippen LogP contribution < -0.4 is 15.2 Å². The molecule has 9 nitrogen and oxygen atoms in total. The van der Waals surface area contributed by atoms with Crippen molar-refractivity contribution in [3.8, 4) is 0 Å². The number of amides is 3. The molecule has 3 amide bonds. The first-order chi connectivity index (χ1) is 13.2. The molecule has 0 fully saturated rings. The lowest BCUT2D eigenvalue weighted by Crippen LogP contribution is -2.65. The van der Waals surface area contributed by atoms with Crippen molar-refractivity contribution in [2.45, 2.75) is 45.8 Å². The van der Waals surface area contributed by atoms with Crippen LogP contribution in [0.2, 0.25) is 0 Å². The van der Waals surface area contributed by atoms with Gasteiger partial charge < -0.3 is 4.90 Å². The van der Waals surface area contributed by atoms with Gasteiger partial charge in [-0.15, -0.1) is 0 Å². The van der Waals surface area contributed by atoms with Crippen LogP contribution in [0.4, 0.5) is 0 Å². The van der Waals surface area contributed by atoms with E-state index < -0.39 is 11.9 Å². The summed E-state index contributed by atoms with van der Waals surface area (Å²) < 4.78 is 1.78. The summed E-state index contributed by atoms with van der Waals surface area (Å²) in [4.78, 5) is 48.3. The average Bonchev–Trinajstić information content (AvgIpc) is 2.62. The van der Waals surface area contributed by atoms with E-state index in [2.05, 4.69) is 20.6 Å². The maximum atomic E-state index is 13.2. The van der Waals surface area contributed by atoms with Gasteiger partial charge in [-0.2, -0.15) is 4.99 Å². The number of hydrogen-bond donors (Lipinski definition) is 2. The van der Waals surface area contributed by atoms with Crippen LogP contribution in [0, 0.1) is 5.92 Å². The number of aryl methyl sites for hydroxylation is 1. The molecule has 3 atom stereocenters. The van der Waals surface area contributed by atoms with E-state index in [-0.39, 0.29) is 41.6 Å². The summed E-state index contributed by atoms with van der Waals surface area (Å²) in [6.07, 6.45) is 3.54. The van der Waals surface area contributed by atoms with Crippen LogP contribution in [0.15, 0.2) is 34.5 Å². The smallest absolute Gasteiger partial charge is 0.261 e. The number of hydrogen-bond acceptors (Lipinski definition) is 5. The van der Waals surface area contributed by atoms with Gasteiger partial charge in [-0.05, 0) is 19.9 Å². The van der Waals surface area contributed by atoms with Crippen molar-refractivity contribution in [3.05, 3.63) is 30.1 Å². The van der Waals surface area contributed by atoms with Crippen LogP contribution in [0.3, 0.4) is 0 Å². The minimum Gasteiger partial charge on any atom is -0.315 e. The first kappa shape index (κ1) is 19.7. The number of carbonyl (C=O) groups excluding carboxylic acids is 3. The molecular formula is C19H25N6O3+. The van der Waals surface area contributed by atoms with Gasteiger partial charge in [-0.25, -0.2) is 4.57 Å². The minimum absolute atomic E-state index is 0.0407. The van der Waals surface area contributed by atoms with Crippen molar-refractivity contribution in [1.82, 2.24) is 15.5 Å². The second-order valence-electron chi connectivity index (χ2n) is 7.44. The maximum absolute atomic E-state index is 13.2. The van der Waals surface area contributed by atoms with Gasteiger partial charge in [0.25, 0.3) is 11.8 Å². The van der Waals surface area contributed by atoms with Crippen molar-refractivity contribution in [2.24, 2.45) is 23.0 Å². The number of guanidine groups is 1. The molecule has 0 saturated carbocycles. The Kier molecular flexibility index (Phi) is 5.26. The summed E-state index contributed by atoms with van der Waals surface area (Å²) in [6.45, 7) is 7.21. The lowest BCUT2D eigenvalue weighted by molar-refractivity contribution is -0.671. The van der Waals surface area contributed by atoms with Crippen molar-refractivity contribution in [3.63, 3.8) is 0 Å². The molecule has 1 aromatic heterocycles. The van der Waals surface area contributed by atoms with Crippen molar-refractivity contribution in [2.75, 3.05) is 0 Å². The second kappa shape index (κ2) is 7.49. The molecular weight excluding hydrogens is 360 g/mol. The van der Waals surface area contributed by atoms with Gasteiger partial charge in [0, 0.05) is 12.0 Å². The zero-order valence-electron chi connectivity index (χ0n) is 16.6. The Balaban J connectivity index is 1.96. The van der Waals surface area contributed by atoms with E-state index in [0.29, 0.717) is 5.56 Å². The number of carbonyl (C=O) groups is 3. The summed E-state index contributed by atoms with van der Waals surface area (Å²) in [5.41, 5.74) is 0.473. The Morgan fingerprint density at radius 2 is 2.04 bits per heavy atom. The van der Waals surface area contributed by atoms with E-state index in [1.165, 1.54) is 4.90 Å². The average molecular weight is 385 g/mol. The maximum Gasteiger partial charge on any atom is 0.261 e. The largest absolute Gasteiger partial charge is 0.315 e. The van der Waals surface area contributed by atoms with E-state index in [4.69, 9.17) is 0 Å². The highest BCUT2D eigenvalue weighted by Gasteiger charge is 2.45. The number of fused-ring (bicyclic) bond motifs is 1. The number of nitrogens with zero attached hydrogens (tertiary/aromatic N) is 4. The van der Waals surface area contributed by atoms with Gasteiger partial charge in [0.2, 0.25) is 11.9 Å². The Bertz CT molecular complexity index is 891. The molecule has 0 aliphatic carbocycles. The van der Waals surface area contributed by atoms with Gasteiger partial charge in [0.1, 0.15) is 12.6 Å². The van der Waals surface area contributed by atoms with E-state index in [9.17, 15) is 14.4 Å². The predicted octanol–water partition coefficient (Wildman–Crippen LogP) is -0.231. The number of pyridine rings is 1. The van der Waals surface area contributed by atoms with E-state index in [1.54, 1.807) is 36.7 Å². The molecule has 148 valence electrons. The lowest BCUT2D eigenvalue weighted by atomic mass is 10.00. The molecule has 2 aliphatic heterocycles. The molecule has 3 unspecified atom stereocenters. The van der Waals surface area contributed by atoms with Crippen LogP contribution in [0.1, 0.15) is 38.1 Å². The van der Waals surface area contributed by atoms with Gasteiger partial charge in [-0.3, -0.25) is 30.0 Å². The van der Waals surface area contributed by atoms with Crippen LogP contribution in [-0.2, 0) is 16.6 Å². The Morgan fingerprint density at radius 3 is 2.68 bits per heavy atom. The molecule has 0 aromatic carbocycles. The molecule has 0 bridgehead atoms. The van der Waals surface area contributed by atoms with Gasteiger partial charge >= 0.3 is 0 Å². The fourth-order valence-electron chi connectivity index (χ4n) is 3.13. The fraction of sp³-hybridized carbons (Fsp3) is 0.474. The Hall–Kier alpha value is -3.10. The number of nitrogens with one attached hydrogen (secondary N) is 2. The van der Waals surface area contributed by atoms with Crippen LogP contribution >= 0.6 is 0 Å². The topological polar surface area (TPSA) is 107 Å². The summed E-state index contributed by atoms with van der Waals surface area (Å²) in [5.74, 6) is -0.976. The quantitative estimate of drug-likeness (QED) is 0.687. The second-order valence-corrected chi connectivity index (χ2v) is 7.44. The number of amidine groups is 1. The summed E-state index contributed by atoms with van der Waals surface area (Å²) >= 11 is 0. The van der Waals surface area contributed by atoms with Gasteiger partial charge in [0.15, 0.2) is 24.3 Å². The number of rotatable bonds is 2. The standard InChI is InChI=1S/C19H24N6O3/c1-10(2)16(26)22-19-21-15-14(17(27)23-19)25(12(4)11(3)20-15)18(28)13-7-6-8-24(5)9-13/h6-12,14H,1-5H3,(H-,20,21,22,23,26,27)/p+1. The summed E-state index contributed by atoms with van der Waals surface area (Å²) in [5, 5.41) is 5.17. The summed E-state index contributed by atoms with van der Waals surface area (Å²) in [6, 6.07) is 2.01. The van der Waals surface area contributed by atoms with Crippen molar-refractivity contribution < 1.29 is 19.0 Å². The molecule has 0 radical (unpaired) electrons. The van der Waals surface area contributed by atoms with E-state index in [0.717, 1.165) is 0 Å². The lowest BCUT2D eigenvalue weighted by Gasteiger charge is -2.42. The van der Waals surface area contributed by atoms with Crippen molar-refractivity contribution in [1.29, 1.82) is 0 Å². The first-order valence-corrected chi connectivity index (χ1v) is 9.25. The molecule has 2 aliphatic rings. The highest BCUT2D eigenvalue weighted by Crippen LogP contribution is 2.24. The first-order valence-electron chi connectivity index (χ1n) is 9.25. The molecule has 1 aromatic rings. The molecule has 2 N–H and O–H groups in total. The molecule has 3 rings (SSSR count). The molecule has 0 saturated heterocycles. The van der Waals surface area contributed by atoms with E-state index in [1.807, 2.05) is 27.1 Å².